The summed E-state index contributed by atoms with van der Waals surface area (Å²) in [6.45, 7) is 1.84. The third-order valence-electron chi connectivity index (χ3n) is 3.88. The summed E-state index contributed by atoms with van der Waals surface area (Å²) in [4.78, 5) is 23.5. The number of carbonyl (C=O) groups excluding carboxylic acids is 1. The molecule has 2 aromatic rings. The number of aromatic carboxylic acids is 1. The molecule has 0 aliphatic heterocycles. The van der Waals surface area contributed by atoms with Crippen molar-refractivity contribution in [3.63, 3.8) is 0 Å². The first kappa shape index (κ1) is 20.9. The minimum Gasteiger partial charge on any atom is -0.478 e. The molecule has 0 aromatic heterocycles. The van der Waals surface area contributed by atoms with Crippen LogP contribution in [-0.2, 0) is 17.6 Å². The van der Waals surface area contributed by atoms with Gasteiger partial charge in [-0.2, -0.15) is 0 Å². The van der Waals surface area contributed by atoms with Crippen LogP contribution in [0.25, 0.3) is 0 Å². The molecule has 5 nitrogen and oxygen atoms in total. The standard InChI is InChI=1S/C19H19BrINO4/c1-11-3-2-4-12(5-11)6-14(10-23)22-18(24)9-15-16(20)7-13(19(25)26)8-17(15)21/h2-5,7-8,14,23H,6,9-10H2,1H3,(H,22,24)(H,25,26). The van der Waals surface area contributed by atoms with Crippen LogP contribution >= 0.6 is 38.5 Å². The van der Waals surface area contributed by atoms with Crippen LogP contribution in [0.4, 0.5) is 0 Å². The topological polar surface area (TPSA) is 86.6 Å². The van der Waals surface area contributed by atoms with Gasteiger partial charge in [-0.05, 0) is 59.2 Å². The molecule has 1 atom stereocenters. The zero-order chi connectivity index (χ0) is 19.3. The fourth-order valence-electron chi connectivity index (χ4n) is 2.62. The van der Waals surface area contributed by atoms with Crippen LogP contribution in [0.1, 0.15) is 27.0 Å². The third kappa shape index (κ3) is 5.78. The number of aliphatic hydroxyl groups excluding tert-OH is 1. The normalized spacial score (nSPS) is 11.8. The van der Waals surface area contributed by atoms with Gasteiger partial charge >= 0.3 is 5.97 Å². The summed E-state index contributed by atoms with van der Waals surface area (Å²) in [5.74, 6) is -1.24. The molecule has 3 N–H and O–H groups in total. The van der Waals surface area contributed by atoms with Crippen molar-refractivity contribution in [3.05, 3.63) is 66.7 Å². The maximum Gasteiger partial charge on any atom is 0.335 e. The lowest BCUT2D eigenvalue weighted by Gasteiger charge is -2.17. The highest BCUT2D eigenvalue weighted by Gasteiger charge is 2.17. The minimum atomic E-state index is -1.02. The van der Waals surface area contributed by atoms with E-state index in [0.717, 1.165) is 16.7 Å². The molecule has 0 fully saturated rings. The van der Waals surface area contributed by atoms with Gasteiger partial charge in [0.25, 0.3) is 0 Å². The number of amides is 1. The predicted octanol–water partition coefficient (Wildman–Crippen LogP) is 3.32. The lowest BCUT2D eigenvalue weighted by Crippen LogP contribution is -2.40. The van der Waals surface area contributed by atoms with Gasteiger partial charge in [-0.1, -0.05) is 45.8 Å². The lowest BCUT2D eigenvalue weighted by molar-refractivity contribution is -0.121. The Kier molecular flexibility index (Phi) is 7.60. The number of nitrogens with one attached hydrogen (secondary N) is 1. The Morgan fingerprint density at radius 1 is 1.27 bits per heavy atom. The zero-order valence-corrected chi connectivity index (χ0v) is 17.9. The molecule has 0 aliphatic rings. The van der Waals surface area contributed by atoms with Crippen molar-refractivity contribution in [1.29, 1.82) is 0 Å². The van der Waals surface area contributed by atoms with Gasteiger partial charge in [-0.3, -0.25) is 4.79 Å². The maximum absolute atomic E-state index is 12.4. The van der Waals surface area contributed by atoms with Gasteiger partial charge in [-0.25, -0.2) is 4.79 Å². The van der Waals surface area contributed by atoms with Crippen molar-refractivity contribution in [1.82, 2.24) is 5.32 Å². The van der Waals surface area contributed by atoms with Crippen LogP contribution in [0.5, 0.6) is 0 Å². The van der Waals surface area contributed by atoms with Gasteiger partial charge in [0.05, 0.1) is 24.6 Å². The molecule has 0 spiro atoms. The van der Waals surface area contributed by atoms with Crippen LogP contribution in [0.3, 0.4) is 0 Å². The second kappa shape index (κ2) is 9.48. The third-order valence-corrected chi connectivity index (χ3v) is 5.55. The zero-order valence-electron chi connectivity index (χ0n) is 14.1. The fraction of sp³-hybridized carbons (Fsp3) is 0.263. The van der Waals surface area contributed by atoms with E-state index in [1.54, 1.807) is 0 Å². The average molecular weight is 532 g/mol. The maximum atomic E-state index is 12.4. The average Bonchev–Trinajstić information content (AvgIpc) is 2.57. The van der Waals surface area contributed by atoms with E-state index >= 15 is 0 Å². The van der Waals surface area contributed by atoms with Crippen molar-refractivity contribution in [2.45, 2.75) is 25.8 Å². The Labute approximate surface area is 174 Å². The second-order valence-corrected chi connectivity index (χ2v) is 8.06. The van der Waals surface area contributed by atoms with Gasteiger partial charge in [-0.15, -0.1) is 0 Å². The first-order valence-corrected chi connectivity index (χ1v) is 9.84. The number of aliphatic hydroxyl groups is 1. The number of benzene rings is 2. The summed E-state index contributed by atoms with van der Waals surface area (Å²) in [5, 5.41) is 21.5. The molecule has 1 unspecified atom stereocenters. The predicted molar refractivity (Wildman–Crippen MR) is 111 cm³/mol. The van der Waals surface area contributed by atoms with E-state index in [0.29, 0.717) is 14.5 Å². The molecule has 0 saturated carbocycles. The quantitative estimate of drug-likeness (QED) is 0.478. The van der Waals surface area contributed by atoms with Crippen LogP contribution in [0.15, 0.2) is 40.9 Å². The molecule has 2 aromatic carbocycles. The molecule has 1 amide bonds. The summed E-state index contributed by atoms with van der Waals surface area (Å²) in [5.41, 5.74) is 3.06. The highest BCUT2D eigenvalue weighted by molar-refractivity contribution is 14.1. The Hall–Kier alpha value is -1.45. The van der Waals surface area contributed by atoms with Crippen molar-refractivity contribution < 1.29 is 19.8 Å². The summed E-state index contributed by atoms with van der Waals surface area (Å²) < 4.78 is 1.28. The fourth-order valence-corrected chi connectivity index (χ4v) is 4.41. The van der Waals surface area contributed by atoms with Gasteiger partial charge in [0.15, 0.2) is 0 Å². The molecule has 0 saturated heterocycles. The van der Waals surface area contributed by atoms with E-state index in [1.807, 2.05) is 53.8 Å². The van der Waals surface area contributed by atoms with E-state index < -0.39 is 5.97 Å². The molecule has 138 valence electrons. The van der Waals surface area contributed by atoms with Gasteiger partial charge in [0.2, 0.25) is 5.91 Å². The Morgan fingerprint density at radius 3 is 2.58 bits per heavy atom. The molecule has 0 aliphatic carbocycles. The van der Waals surface area contributed by atoms with E-state index in [4.69, 9.17) is 5.11 Å². The van der Waals surface area contributed by atoms with Crippen molar-refractivity contribution in [2.75, 3.05) is 6.61 Å². The first-order valence-electron chi connectivity index (χ1n) is 7.97. The molecular weight excluding hydrogens is 513 g/mol. The van der Waals surface area contributed by atoms with Crippen LogP contribution in [-0.4, -0.2) is 34.7 Å². The number of halogens is 2. The van der Waals surface area contributed by atoms with E-state index in [9.17, 15) is 14.7 Å². The molecular formula is C19H19BrINO4. The largest absolute Gasteiger partial charge is 0.478 e. The number of rotatable bonds is 7. The molecule has 0 bridgehead atoms. The second-order valence-electron chi connectivity index (χ2n) is 6.04. The highest BCUT2D eigenvalue weighted by Crippen LogP contribution is 2.25. The minimum absolute atomic E-state index is 0.100. The van der Waals surface area contributed by atoms with Crippen LogP contribution in [0.2, 0.25) is 0 Å². The molecule has 26 heavy (non-hydrogen) atoms. The van der Waals surface area contributed by atoms with Gasteiger partial charge < -0.3 is 15.5 Å². The number of carbonyl (C=O) groups is 2. The Morgan fingerprint density at radius 2 is 2.00 bits per heavy atom. The summed E-state index contributed by atoms with van der Waals surface area (Å²) in [6.07, 6.45) is 0.642. The monoisotopic (exact) mass is 531 g/mol. The molecule has 7 heteroatoms. The van der Waals surface area contributed by atoms with E-state index in [-0.39, 0.29) is 30.5 Å². The van der Waals surface area contributed by atoms with Gasteiger partial charge in [0, 0.05) is 8.04 Å². The Bertz CT molecular complexity index is 802. The smallest absolute Gasteiger partial charge is 0.335 e. The van der Waals surface area contributed by atoms with Crippen molar-refractivity contribution in [2.24, 2.45) is 0 Å². The molecule has 2 rings (SSSR count). The highest BCUT2D eigenvalue weighted by atomic mass is 127. The van der Waals surface area contributed by atoms with Crippen molar-refractivity contribution >= 4 is 50.4 Å². The Balaban J connectivity index is 2.06. The number of carboxylic acid groups (broad SMARTS) is 1. The molecule has 0 heterocycles. The first-order chi connectivity index (χ1) is 12.3. The number of carboxylic acids is 1. The lowest BCUT2D eigenvalue weighted by atomic mass is 10.0. The van der Waals surface area contributed by atoms with Crippen LogP contribution < -0.4 is 5.32 Å². The number of aryl methyl sites for hydroxylation is 1. The summed E-state index contributed by atoms with van der Waals surface area (Å²) in [7, 11) is 0. The SMILES string of the molecule is Cc1cccc(CC(CO)NC(=O)Cc2c(Br)cc(C(=O)O)cc2I)c1. The van der Waals surface area contributed by atoms with Crippen LogP contribution in [0, 0.1) is 10.5 Å². The van der Waals surface area contributed by atoms with E-state index in [1.165, 1.54) is 12.1 Å². The van der Waals surface area contributed by atoms with Gasteiger partial charge in [0.1, 0.15) is 0 Å². The summed E-state index contributed by atoms with van der Waals surface area (Å²) >= 11 is 5.36. The number of hydrogen-bond acceptors (Lipinski definition) is 3. The number of hydrogen-bond donors (Lipinski definition) is 3. The van der Waals surface area contributed by atoms with Crippen molar-refractivity contribution in [3.8, 4) is 0 Å². The molecule has 0 radical (unpaired) electrons. The summed E-state index contributed by atoms with van der Waals surface area (Å²) in [6, 6.07) is 10.6. The van der Waals surface area contributed by atoms with E-state index in [2.05, 4.69) is 21.2 Å².